The molecule has 3 aromatic carbocycles. The topological polar surface area (TPSA) is 44.4 Å². The Kier molecular flexibility index (Phi) is 4.86. The molecule has 0 aliphatic carbocycles. The number of nitrogens with zero attached hydrogens (tertiary/aromatic N) is 1. The average molecular weight is 418 g/mol. The maximum Gasteiger partial charge on any atom is 0.246 e. The van der Waals surface area contributed by atoms with Crippen LogP contribution in [0.4, 0.5) is 5.69 Å². The Labute approximate surface area is 181 Å². The fourth-order valence-corrected chi connectivity index (χ4v) is 4.84. The highest BCUT2D eigenvalue weighted by Gasteiger charge is 2.55. The van der Waals surface area contributed by atoms with Gasteiger partial charge in [0.05, 0.1) is 12.1 Å². The molecule has 0 bridgehead atoms. The second-order valence-corrected chi connectivity index (χ2v) is 8.71. The third-order valence-electron chi connectivity index (χ3n) is 6.27. The van der Waals surface area contributed by atoms with E-state index in [0.717, 1.165) is 11.3 Å². The molecule has 4 unspecified atom stereocenters. The summed E-state index contributed by atoms with van der Waals surface area (Å²) in [6.45, 7) is 4.17. The lowest BCUT2D eigenvalue weighted by Crippen LogP contribution is -2.41. The molecule has 2 fully saturated rings. The lowest BCUT2D eigenvalue weighted by Gasteiger charge is -2.31. The molecule has 0 radical (unpaired) electrons. The van der Waals surface area contributed by atoms with Crippen molar-refractivity contribution in [1.29, 1.82) is 0 Å². The van der Waals surface area contributed by atoms with Gasteiger partial charge in [-0.1, -0.05) is 71.3 Å². The van der Waals surface area contributed by atoms with E-state index in [1.165, 1.54) is 16.7 Å². The number of halogens is 1. The van der Waals surface area contributed by atoms with Crippen molar-refractivity contribution in [2.75, 3.05) is 4.90 Å². The van der Waals surface area contributed by atoms with Crippen LogP contribution < -0.4 is 15.8 Å². The van der Waals surface area contributed by atoms with E-state index in [9.17, 15) is 4.79 Å². The van der Waals surface area contributed by atoms with Gasteiger partial charge in [0.2, 0.25) is 5.91 Å². The SMILES string of the molecule is Cc1ccc(C2NNC3C(=O)N(c4ccc(Cl)cc4)C(c4ccc(C)cc4)C32)cc1. The summed E-state index contributed by atoms with van der Waals surface area (Å²) in [6, 6.07) is 24.3. The van der Waals surface area contributed by atoms with Crippen molar-refractivity contribution in [2.45, 2.75) is 32.0 Å². The van der Waals surface area contributed by atoms with Crippen LogP contribution in [0.5, 0.6) is 0 Å². The summed E-state index contributed by atoms with van der Waals surface area (Å²) in [5.41, 5.74) is 12.3. The number of hydrazine groups is 1. The van der Waals surface area contributed by atoms with Crippen LogP contribution in [0.2, 0.25) is 5.02 Å². The third kappa shape index (κ3) is 3.21. The molecule has 0 aromatic heterocycles. The zero-order chi connectivity index (χ0) is 20.8. The van der Waals surface area contributed by atoms with Crippen molar-refractivity contribution in [3.8, 4) is 0 Å². The van der Waals surface area contributed by atoms with E-state index < -0.39 is 0 Å². The molecule has 2 N–H and O–H groups in total. The number of carbonyl (C=O) groups is 1. The molecule has 4 nitrogen and oxygen atoms in total. The molecule has 152 valence electrons. The number of nitrogens with one attached hydrogen (secondary N) is 2. The first-order chi connectivity index (χ1) is 14.5. The van der Waals surface area contributed by atoms with Gasteiger partial charge in [-0.05, 0) is 49.2 Å². The summed E-state index contributed by atoms with van der Waals surface area (Å²) in [5, 5.41) is 0.662. The maximum atomic E-state index is 13.5. The first-order valence-electron chi connectivity index (χ1n) is 10.3. The van der Waals surface area contributed by atoms with E-state index in [-0.39, 0.29) is 30.0 Å². The predicted octanol–water partition coefficient (Wildman–Crippen LogP) is 4.88. The van der Waals surface area contributed by atoms with Crippen LogP contribution in [0.3, 0.4) is 0 Å². The lowest BCUT2D eigenvalue weighted by molar-refractivity contribution is -0.119. The number of hydrogen-bond acceptors (Lipinski definition) is 3. The molecular formula is C25H24ClN3O. The first kappa shape index (κ1) is 19.3. The molecule has 1 amide bonds. The monoisotopic (exact) mass is 417 g/mol. The van der Waals surface area contributed by atoms with Crippen LogP contribution in [-0.4, -0.2) is 11.9 Å². The summed E-state index contributed by atoms with van der Waals surface area (Å²) in [4.78, 5) is 15.5. The van der Waals surface area contributed by atoms with E-state index in [0.29, 0.717) is 5.02 Å². The number of hydrogen-bond donors (Lipinski definition) is 2. The second kappa shape index (κ2) is 7.55. The minimum Gasteiger partial charge on any atom is -0.303 e. The standard InChI is InChI=1S/C25H24ClN3O/c1-15-3-7-17(8-4-15)22-21-23(28-27-22)25(30)29(20-13-11-19(26)12-14-20)24(21)18-9-5-16(2)6-10-18/h3-14,21-24,27-28H,1-2H3. The van der Waals surface area contributed by atoms with Gasteiger partial charge in [0.1, 0.15) is 6.04 Å². The van der Waals surface area contributed by atoms with Gasteiger partial charge in [0, 0.05) is 16.6 Å². The number of amides is 1. The zero-order valence-corrected chi connectivity index (χ0v) is 17.7. The molecule has 30 heavy (non-hydrogen) atoms. The molecule has 2 aliphatic heterocycles. The van der Waals surface area contributed by atoms with E-state index in [1.54, 1.807) is 0 Å². The van der Waals surface area contributed by atoms with E-state index >= 15 is 0 Å². The van der Waals surface area contributed by atoms with Crippen LogP contribution in [0.25, 0.3) is 0 Å². The van der Waals surface area contributed by atoms with Gasteiger partial charge < -0.3 is 4.90 Å². The predicted molar refractivity (Wildman–Crippen MR) is 120 cm³/mol. The van der Waals surface area contributed by atoms with Crippen LogP contribution in [0, 0.1) is 19.8 Å². The maximum absolute atomic E-state index is 13.5. The van der Waals surface area contributed by atoms with E-state index in [1.807, 2.05) is 29.2 Å². The molecule has 2 saturated heterocycles. The van der Waals surface area contributed by atoms with Gasteiger partial charge in [0.25, 0.3) is 0 Å². The first-order valence-corrected chi connectivity index (χ1v) is 10.6. The minimum atomic E-state index is -0.293. The highest BCUT2D eigenvalue weighted by atomic mass is 35.5. The smallest absolute Gasteiger partial charge is 0.246 e. The van der Waals surface area contributed by atoms with E-state index in [2.05, 4.69) is 73.2 Å². The van der Waals surface area contributed by atoms with Crippen LogP contribution >= 0.6 is 11.6 Å². The molecule has 5 rings (SSSR count). The number of benzene rings is 3. The summed E-state index contributed by atoms with van der Waals surface area (Å²) >= 11 is 6.11. The number of anilines is 1. The van der Waals surface area contributed by atoms with Crippen molar-refractivity contribution < 1.29 is 4.79 Å². The average Bonchev–Trinajstić information content (AvgIpc) is 3.29. The Morgan fingerprint density at radius 1 is 0.733 bits per heavy atom. The van der Waals surface area contributed by atoms with Gasteiger partial charge in [-0.25, -0.2) is 10.9 Å². The highest BCUT2D eigenvalue weighted by molar-refractivity contribution is 6.30. The Hall–Kier alpha value is -2.66. The molecule has 0 spiro atoms. The summed E-state index contributed by atoms with van der Waals surface area (Å²) in [6.07, 6.45) is 0. The van der Waals surface area contributed by atoms with Gasteiger partial charge in [-0.2, -0.15) is 0 Å². The lowest BCUT2D eigenvalue weighted by atomic mass is 9.83. The van der Waals surface area contributed by atoms with Gasteiger partial charge >= 0.3 is 0 Å². The molecule has 2 heterocycles. The molecule has 4 atom stereocenters. The molecular weight excluding hydrogens is 394 g/mol. The van der Waals surface area contributed by atoms with Gasteiger partial charge in [-0.15, -0.1) is 0 Å². The Bertz CT molecular complexity index is 1060. The quantitative estimate of drug-likeness (QED) is 0.638. The summed E-state index contributed by atoms with van der Waals surface area (Å²) < 4.78 is 0. The third-order valence-corrected chi connectivity index (χ3v) is 6.52. The number of fused-ring (bicyclic) bond motifs is 1. The van der Waals surface area contributed by atoms with Crippen molar-refractivity contribution in [3.63, 3.8) is 0 Å². The van der Waals surface area contributed by atoms with E-state index in [4.69, 9.17) is 11.6 Å². The Balaban J connectivity index is 1.62. The van der Waals surface area contributed by atoms with Crippen molar-refractivity contribution >= 4 is 23.2 Å². The Morgan fingerprint density at radius 2 is 1.27 bits per heavy atom. The van der Waals surface area contributed by atoms with Crippen molar-refractivity contribution in [1.82, 2.24) is 10.9 Å². The minimum absolute atomic E-state index is 0.0307. The Morgan fingerprint density at radius 3 is 1.87 bits per heavy atom. The fourth-order valence-electron chi connectivity index (χ4n) is 4.72. The number of rotatable bonds is 3. The second-order valence-electron chi connectivity index (χ2n) is 8.27. The van der Waals surface area contributed by atoms with Crippen LogP contribution in [0.15, 0.2) is 72.8 Å². The molecule has 5 heteroatoms. The molecule has 2 aliphatic rings. The largest absolute Gasteiger partial charge is 0.303 e. The highest BCUT2D eigenvalue weighted by Crippen LogP contribution is 2.49. The van der Waals surface area contributed by atoms with Gasteiger partial charge in [0.15, 0.2) is 0 Å². The fraction of sp³-hybridized carbons (Fsp3) is 0.240. The van der Waals surface area contributed by atoms with Crippen molar-refractivity contribution in [3.05, 3.63) is 100 Å². The van der Waals surface area contributed by atoms with Crippen molar-refractivity contribution in [2.24, 2.45) is 5.92 Å². The van der Waals surface area contributed by atoms with Gasteiger partial charge in [-0.3, -0.25) is 4.79 Å². The summed E-state index contributed by atoms with van der Waals surface area (Å²) in [5.74, 6) is 0.133. The normalized spacial score (nSPS) is 25.6. The molecule has 0 saturated carbocycles. The molecule has 3 aromatic rings. The summed E-state index contributed by atoms with van der Waals surface area (Å²) in [7, 11) is 0. The van der Waals surface area contributed by atoms with Crippen LogP contribution in [-0.2, 0) is 4.79 Å². The number of carbonyl (C=O) groups excluding carboxylic acids is 1. The van der Waals surface area contributed by atoms with Crippen LogP contribution in [0.1, 0.15) is 34.3 Å². The zero-order valence-electron chi connectivity index (χ0n) is 17.0. The number of aryl methyl sites for hydroxylation is 2.